The maximum absolute atomic E-state index is 11.9. The van der Waals surface area contributed by atoms with Crippen LogP contribution in [-0.4, -0.2) is 41.8 Å². The van der Waals surface area contributed by atoms with Crippen LogP contribution in [-0.2, 0) is 0 Å². The van der Waals surface area contributed by atoms with Gasteiger partial charge in [0.15, 0.2) is 5.78 Å². The molecule has 18 heavy (non-hydrogen) atoms. The van der Waals surface area contributed by atoms with E-state index in [0.29, 0.717) is 6.42 Å². The minimum absolute atomic E-state index is 0.268. The van der Waals surface area contributed by atoms with Crippen LogP contribution in [0.5, 0.6) is 0 Å². The van der Waals surface area contributed by atoms with Crippen LogP contribution >= 0.6 is 11.8 Å². The van der Waals surface area contributed by atoms with E-state index in [0.717, 1.165) is 24.6 Å². The van der Waals surface area contributed by atoms with Gasteiger partial charge >= 0.3 is 0 Å². The molecule has 1 unspecified atom stereocenters. The molecule has 0 amide bonds. The lowest BCUT2D eigenvalue weighted by Gasteiger charge is -2.23. The van der Waals surface area contributed by atoms with Crippen molar-refractivity contribution in [1.29, 1.82) is 0 Å². The molecule has 0 aromatic heterocycles. The molecule has 0 spiro atoms. The van der Waals surface area contributed by atoms with Gasteiger partial charge in [-0.25, -0.2) is 0 Å². The molecular weight excluding hydrogens is 242 g/mol. The lowest BCUT2D eigenvalue weighted by atomic mass is 10.1. The summed E-state index contributed by atoms with van der Waals surface area (Å²) in [5, 5.41) is 0. The number of rotatable bonds is 6. The Morgan fingerprint density at radius 2 is 2.17 bits per heavy atom. The normalized spacial score (nSPS) is 19.3. The average Bonchev–Trinajstić information content (AvgIpc) is 2.93. The second kappa shape index (κ2) is 6.95. The van der Waals surface area contributed by atoms with Crippen molar-refractivity contribution in [2.24, 2.45) is 0 Å². The molecule has 0 saturated carbocycles. The molecule has 1 fully saturated rings. The Balaban J connectivity index is 1.70. The minimum Gasteiger partial charge on any atom is -0.303 e. The largest absolute Gasteiger partial charge is 0.303 e. The number of hydrogen-bond acceptors (Lipinski definition) is 3. The van der Waals surface area contributed by atoms with Crippen LogP contribution in [0, 0.1) is 0 Å². The van der Waals surface area contributed by atoms with Crippen molar-refractivity contribution in [2.75, 3.05) is 25.1 Å². The smallest absolute Gasteiger partial charge is 0.162 e. The molecule has 0 aliphatic carbocycles. The zero-order valence-corrected chi connectivity index (χ0v) is 11.8. The number of thioether (sulfide) groups is 1. The topological polar surface area (TPSA) is 20.3 Å². The Kier molecular flexibility index (Phi) is 5.26. The SMILES string of the molecule is CN(CCCC(=O)c1ccccc1)C1CCSC1. The lowest BCUT2D eigenvalue weighted by Crippen LogP contribution is -2.32. The Morgan fingerprint density at radius 3 is 2.83 bits per heavy atom. The van der Waals surface area contributed by atoms with Crippen molar-refractivity contribution in [1.82, 2.24) is 4.90 Å². The number of hydrogen-bond donors (Lipinski definition) is 0. The maximum Gasteiger partial charge on any atom is 0.162 e. The summed E-state index contributed by atoms with van der Waals surface area (Å²) >= 11 is 2.04. The van der Waals surface area contributed by atoms with Gasteiger partial charge in [-0.3, -0.25) is 4.79 Å². The summed E-state index contributed by atoms with van der Waals surface area (Å²) in [6, 6.07) is 10.3. The fourth-order valence-corrected chi connectivity index (χ4v) is 3.61. The average molecular weight is 263 g/mol. The fraction of sp³-hybridized carbons (Fsp3) is 0.533. The van der Waals surface area contributed by atoms with Crippen LogP contribution in [0.3, 0.4) is 0 Å². The summed E-state index contributed by atoms with van der Waals surface area (Å²) in [7, 11) is 2.18. The highest BCUT2D eigenvalue weighted by Crippen LogP contribution is 2.21. The van der Waals surface area contributed by atoms with Crippen molar-refractivity contribution in [3.05, 3.63) is 35.9 Å². The second-order valence-corrected chi connectivity index (χ2v) is 6.04. The third-order valence-electron chi connectivity index (χ3n) is 3.54. The van der Waals surface area contributed by atoms with Crippen LogP contribution < -0.4 is 0 Å². The van der Waals surface area contributed by atoms with E-state index in [2.05, 4.69) is 11.9 Å². The minimum atomic E-state index is 0.268. The van der Waals surface area contributed by atoms with Gasteiger partial charge in [-0.2, -0.15) is 11.8 Å². The third kappa shape index (κ3) is 3.85. The summed E-state index contributed by atoms with van der Waals surface area (Å²) in [4.78, 5) is 14.3. The first-order chi connectivity index (χ1) is 8.77. The Labute approximate surface area is 114 Å². The van der Waals surface area contributed by atoms with E-state index in [-0.39, 0.29) is 5.78 Å². The molecule has 2 rings (SSSR count). The van der Waals surface area contributed by atoms with Crippen molar-refractivity contribution in [3.63, 3.8) is 0 Å². The number of nitrogens with zero attached hydrogens (tertiary/aromatic N) is 1. The molecule has 1 aromatic rings. The fourth-order valence-electron chi connectivity index (χ4n) is 2.31. The van der Waals surface area contributed by atoms with Crippen LogP contribution in [0.1, 0.15) is 29.6 Å². The highest BCUT2D eigenvalue weighted by molar-refractivity contribution is 7.99. The second-order valence-electron chi connectivity index (χ2n) is 4.89. The van der Waals surface area contributed by atoms with E-state index in [1.165, 1.54) is 17.9 Å². The van der Waals surface area contributed by atoms with Gasteiger partial charge in [-0.15, -0.1) is 0 Å². The molecule has 2 nitrogen and oxygen atoms in total. The van der Waals surface area contributed by atoms with Gasteiger partial charge in [0.25, 0.3) is 0 Å². The highest BCUT2D eigenvalue weighted by atomic mass is 32.2. The van der Waals surface area contributed by atoms with Crippen molar-refractivity contribution >= 4 is 17.5 Å². The molecular formula is C15H21NOS. The standard InChI is InChI=1S/C15H21NOS/c1-16(14-9-11-18-12-14)10-5-8-15(17)13-6-3-2-4-7-13/h2-4,6-7,14H,5,8-12H2,1H3. The van der Waals surface area contributed by atoms with Gasteiger partial charge in [0, 0.05) is 23.8 Å². The molecule has 1 aliphatic heterocycles. The molecule has 1 atom stereocenters. The number of ketones is 1. The van der Waals surface area contributed by atoms with Crippen molar-refractivity contribution in [3.8, 4) is 0 Å². The van der Waals surface area contributed by atoms with Gasteiger partial charge in [0.1, 0.15) is 0 Å². The Morgan fingerprint density at radius 1 is 1.39 bits per heavy atom. The first-order valence-electron chi connectivity index (χ1n) is 6.63. The molecule has 1 aromatic carbocycles. The Hall–Kier alpha value is -0.800. The van der Waals surface area contributed by atoms with Crippen LogP contribution in [0.2, 0.25) is 0 Å². The Bertz CT molecular complexity index is 373. The lowest BCUT2D eigenvalue weighted by molar-refractivity contribution is 0.0974. The van der Waals surface area contributed by atoms with Gasteiger partial charge in [-0.1, -0.05) is 30.3 Å². The predicted molar refractivity (Wildman–Crippen MR) is 78.4 cm³/mol. The van der Waals surface area contributed by atoms with E-state index in [1.54, 1.807) is 0 Å². The quantitative estimate of drug-likeness (QED) is 0.736. The summed E-state index contributed by atoms with van der Waals surface area (Å²) < 4.78 is 0. The van der Waals surface area contributed by atoms with Crippen molar-refractivity contribution < 1.29 is 4.79 Å². The molecule has 0 N–H and O–H groups in total. The van der Waals surface area contributed by atoms with E-state index in [9.17, 15) is 4.79 Å². The van der Waals surface area contributed by atoms with Crippen LogP contribution in [0.15, 0.2) is 30.3 Å². The third-order valence-corrected chi connectivity index (χ3v) is 4.68. The van der Waals surface area contributed by atoms with Crippen molar-refractivity contribution in [2.45, 2.75) is 25.3 Å². The van der Waals surface area contributed by atoms with E-state index in [4.69, 9.17) is 0 Å². The summed E-state index contributed by atoms with van der Waals surface area (Å²) in [5.74, 6) is 2.81. The summed E-state index contributed by atoms with van der Waals surface area (Å²) in [6.07, 6.45) is 2.92. The van der Waals surface area contributed by atoms with E-state index < -0.39 is 0 Å². The maximum atomic E-state index is 11.9. The summed E-state index contributed by atoms with van der Waals surface area (Å²) in [5.41, 5.74) is 0.844. The number of Topliss-reactive ketones (excluding diaryl/α,β-unsaturated/α-hetero) is 1. The van der Waals surface area contributed by atoms with Gasteiger partial charge in [0.2, 0.25) is 0 Å². The molecule has 1 heterocycles. The molecule has 1 aliphatic rings. The first-order valence-corrected chi connectivity index (χ1v) is 7.79. The monoisotopic (exact) mass is 263 g/mol. The number of carbonyl (C=O) groups excluding carboxylic acids is 1. The first kappa shape index (κ1) is 13.6. The molecule has 0 radical (unpaired) electrons. The predicted octanol–water partition coefficient (Wildman–Crippen LogP) is 3.09. The van der Waals surface area contributed by atoms with Gasteiger partial charge in [0.05, 0.1) is 0 Å². The van der Waals surface area contributed by atoms with Crippen LogP contribution in [0.25, 0.3) is 0 Å². The summed E-state index contributed by atoms with van der Waals surface area (Å²) in [6.45, 7) is 1.03. The molecule has 98 valence electrons. The van der Waals surface area contributed by atoms with E-state index >= 15 is 0 Å². The van der Waals surface area contributed by atoms with Crippen LogP contribution in [0.4, 0.5) is 0 Å². The number of benzene rings is 1. The molecule has 1 saturated heterocycles. The zero-order valence-electron chi connectivity index (χ0n) is 11.0. The number of carbonyl (C=O) groups is 1. The highest BCUT2D eigenvalue weighted by Gasteiger charge is 2.19. The zero-order chi connectivity index (χ0) is 12.8. The molecule has 0 bridgehead atoms. The molecule has 3 heteroatoms. The van der Waals surface area contributed by atoms with Gasteiger partial charge in [-0.05, 0) is 32.2 Å². The van der Waals surface area contributed by atoms with Gasteiger partial charge < -0.3 is 4.90 Å². The van der Waals surface area contributed by atoms with E-state index in [1.807, 2.05) is 42.1 Å².